The second-order valence-electron chi connectivity index (χ2n) is 4.04. The summed E-state index contributed by atoms with van der Waals surface area (Å²) in [7, 11) is 5.39. The monoisotopic (exact) mass is 233 g/mol. The van der Waals surface area contributed by atoms with E-state index in [1.165, 1.54) is 0 Å². The molecule has 0 N–H and O–H groups in total. The van der Waals surface area contributed by atoms with Crippen molar-refractivity contribution in [1.82, 2.24) is 24.5 Å². The van der Waals surface area contributed by atoms with Crippen molar-refractivity contribution in [2.75, 3.05) is 7.05 Å². The van der Waals surface area contributed by atoms with Crippen LogP contribution in [0.2, 0.25) is 0 Å². The quantitative estimate of drug-likeness (QED) is 0.772. The van der Waals surface area contributed by atoms with Crippen molar-refractivity contribution in [2.45, 2.75) is 6.54 Å². The molecule has 2 heterocycles. The van der Waals surface area contributed by atoms with Gasteiger partial charge in [-0.15, -0.1) is 0 Å². The Labute approximate surface area is 99.4 Å². The van der Waals surface area contributed by atoms with E-state index in [1.54, 1.807) is 40.8 Å². The standard InChI is InChI=1S/C11H15N5O/c1-14(8-10-4-5-15(2)13-10)11(17)9-6-12-16(3)7-9/h4-7H,8H2,1-3H3. The lowest BCUT2D eigenvalue weighted by molar-refractivity contribution is 0.0783. The lowest BCUT2D eigenvalue weighted by Gasteiger charge is -2.14. The maximum Gasteiger partial charge on any atom is 0.257 e. The molecule has 0 aromatic carbocycles. The molecule has 2 aromatic heterocycles. The Balaban J connectivity index is 2.05. The van der Waals surface area contributed by atoms with E-state index in [0.717, 1.165) is 5.69 Å². The van der Waals surface area contributed by atoms with Crippen LogP contribution in [0.25, 0.3) is 0 Å². The van der Waals surface area contributed by atoms with Crippen LogP contribution in [0.1, 0.15) is 16.1 Å². The van der Waals surface area contributed by atoms with Crippen LogP contribution in [0.15, 0.2) is 24.7 Å². The maximum absolute atomic E-state index is 12.0. The first-order valence-electron chi connectivity index (χ1n) is 5.29. The van der Waals surface area contributed by atoms with Gasteiger partial charge in [0, 0.05) is 33.5 Å². The molecule has 0 radical (unpaired) electrons. The van der Waals surface area contributed by atoms with Crippen LogP contribution >= 0.6 is 0 Å². The Morgan fingerprint density at radius 3 is 2.71 bits per heavy atom. The van der Waals surface area contributed by atoms with Gasteiger partial charge in [0.25, 0.3) is 5.91 Å². The molecular formula is C11H15N5O. The van der Waals surface area contributed by atoms with E-state index >= 15 is 0 Å². The maximum atomic E-state index is 12.0. The van der Waals surface area contributed by atoms with Crippen LogP contribution in [0.5, 0.6) is 0 Å². The zero-order chi connectivity index (χ0) is 12.4. The van der Waals surface area contributed by atoms with E-state index in [0.29, 0.717) is 12.1 Å². The summed E-state index contributed by atoms with van der Waals surface area (Å²) in [5.41, 5.74) is 1.46. The van der Waals surface area contributed by atoms with E-state index < -0.39 is 0 Å². The Morgan fingerprint density at radius 1 is 1.41 bits per heavy atom. The van der Waals surface area contributed by atoms with Crippen molar-refractivity contribution in [3.8, 4) is 0 Å². The highest BCUT2D eigenvalue weighted by atomic mass is 16.2. The number of rotatable bonds is 3. The van der Waals surface area contributed by atoms with Crippen molar-refractivity contribution in [3.63, 3.8) is 0 Å². The molecule has 0 aliphatic heterocycles. The van der Waals surface area contributed by atoms with Gasteiger partial charge in [0.05, 0.1) is 24.0 Å². The van der Waals surface area contributed by atoms with Gasteiger partial charge >= 0.3 is 0 Å². The smallest absolute Gasteiger partial charge is 0.257 e. The van der Waals surface area contributed by atoms with Crippen molar-refractivity contribution in [1.29, 1.82) is 0 Å². The third-order valence-electron chi connectivity index (χ3n) is 2.47. The van der Waals surface area contributed by atoms with Gasteiger partial charge in [0.2, 0.25) is 0 Å². The molecule has 0 bridgehead atoms. The fourth-order valence-corrected chi connectivity index (χ4v) is 1.61. The van der Waals surface area contributed by atoms with Crippen LogP contribution in [-0.4, -0.2) is 37.4 Å². The molecule has 0 spiro atoms. The topological polar surface area (TPSA) is 56.0 Å². The van der Waals surface area contributed by atoms with E-state index in [9.17, 15) is 4.79 Å². The van der Waals surface area contributed by atoms with Crippen LogP contribution in [0.4, 0.5) is 0 Å². The first kappa shape index (κ1) is 11.4. The Hall–Kier alpha value is -2.11. The van der Waals surface area contributed by atoms with Gasteiger partial charge in [-0.25, -0.2) is 0 Å². The summed E-state index contributed by atoms with van der Waals surface area (Å²) in [5.74, 6) is -0.0521. The average Bonchev–Trinajstić information content (AvgIpc) is 2.87. The van der Waals surface area contributed by atoms with Gasteiger partial charge < -0.3 is 4.90 Å². The fraction of sp³-hybridized carbons (Fsp3) is 0.364. The molecule has 0 fully saturated rings. The summed E-state index contributed by atoms with van der Waals surface area (Å²) in [6.45, 7) is 0.495. The van der Waals surface area contributed by atoms with Gasteiger partial charge in [0.1, 0.15) is 0 Å². The Morgan fingerprint density at radius 2 is 2.18 bits per heavy atom. The third-order valence-corrected chi connectivity index (χ3v) is 2.47. The zero-order valence-corrected chi connectivity index (χ0v) is 10.2. The highest BCUT2D eigenvalue weighted by Gasteiger charge is 2.14. The Kier molecular flexibility index (Phi) is 2.95. The summed E-state index contributed by atoms with van der Waals surface area (Å²) in [5, 5.41) is 8.21. The molecule has 90 valence electrons. The van der Waals surface area contributed by atoms with Crippen molar-refractivity contribution >= 4 is 5.91 Å². The van der Waals surface area contributed by atoms with Gasteiger partial charge in [-0.1, -0.05) is 0 Å². The van der Waals surface area contributed by atoms with Gasteiger partial charge in [-0.05, 0) is 6.07 Å². The molecule has 0 atom stereocenters. The summed E-state index contributed by atoms with van der Waals surface area (Å²) >= 11 is 0. The number of aromatic nitrogens is 4. The number of carbonyl (C=O) groups excluding carboxylic acids is 1. The second-order valence-corrected chi connectivity index (χ2v) is 4.04. The summed E-state index contributed by atoms with van der Waals surface area (Å²) < 4.78 is 3.33. The second kappa shape index (κ2) is 4.40. The number of nitrogens with zero attached hydrogens (tertiary/aromatic N) is 5. The molecule has 0 saturated heterocycles. The van der Waals surface area contributed by atoms with E-state index in [-0.39, 0.29) is 5.91 Å². The minimum Gasteiger partial charge on any atom is -0.336 e. The first-order chi connectivity index (χ1) is 8.06. The lowest BCUT2D eigenvalue weighted by Crippen LogP contribution is -2.26. The molecular weight excluding hydrogens is 218 g/mol. The van der Waals surface area contributed by atoms with Crippen LogP contribution in [-0.2, 0) is 20.6 Å². The predicted molar refractivity (Wildman–Crippen MR) is 62.2 cm³/mol. The highest BCUT2D eigenvalue weighted by Crippen LogP contribution is 2.05. The van der Waals surface area contributed by atoms with E-state index in [2.05, 4.69) is 10.2 Å². The first-order valence-corrected chi connectivity index (χ1v) is 5.29. The number of aryl methyl sites for hydroxylation is 2. The number of carbonyl (C=O) groups is 1. The largest absolute Gasteiger partial charge is 0.336 e. The predicted octanol–water partition coefficient (Wildman–Crippen LogP) is 0.426. The fourth-order valence-electron chi connectivity index (χ4n) is 1.61. The molecule has 0 aliphatic carbocycles. The zero-order valence-electron chi connectivity index (χ0n) is 10.2. The molecule has 0 unspecified atom stereocenters. The average molecular weight is 233 g/mol. The molecule has 2 rings (SSSR count). The molecule has 17 heavy (non-hydrogen) atoms. The van der Waals surface area contributed by atoms with E-state index in [1.807, 2.05) is 19.3 Å². The van der Waals surface area contributed by atoms with Crippen molar-refractivity contribution in [3.05, 3.63) is 35.9 Å². The molecule has 0 aliphatic rings. The minimum absolute atomic E-state index is 0.0521. The van der Waals surface area contributed by atoms with Crippen LogP contribution < -0.4 is 0 Å². The molecule has 6 heteroatoms. The number of amides is 1. The third kappa shape index (κ3) is 2.52. The number of hydrogen-bond donors (Lipinski definition) is 0. The lowest BCUT2D eigenvalue weighted by atomic mass is 10.3. The van der Waals surface area contributed by atoms with Crippen molar-refractivity contribution in [2.24, 2.45) is 14.1 Å². The van der Waals surface area contributed by atoms with Crippen LogP contribution in [0, 0.1) is 0 Å². The molecule has 1 amide bonds. The summed E-state index contributed by atoms with van der Waals surface area (Å²) in [6, 6.07) is 1.90. The van der Waals surface area contributed by atoms with E-state index in [4.69, 9.17) is 0 Å². The van der Waals surface area contributed by atoms with Crippen molar-refractivity contribution < 1.29 is 4.79 Å². The van der Waals surface area contributed by atoms with Crippen LogP contribution in [0.3, 0.4) is 0 Å². The molecule has 0 saturated carbocycles. The highest BCUT2D eigenvalue weighted by molar-refractivity contribution is 5.93. The minimum atomic E-state index is -0.0521. The Bertz CT molecular complexity index is 527. The molecule has 6 nitrogen and oxygen atoms in total. The molecule has 2 aromatic rings. The van der Waals surface area contributed by atoms with Gasteiger partial charge in [0.15, 0.2) is 0 Å². The normalized spacial score (nSPS) is 10.5. The van der Waals surface area contributed by atoms with Gasteiger partial charge in [-0.3, -0.25) is 14.2 Å². The van der Waals surface area contributed by atoms with Gasteiger partial charge in [-0.2, -0.15) is 10.2 Å². The summed E-state index contributed by atoms with van der Waals surface area (Å²) in [4.78, 5) is 13.6. The number of hydrogen-bond acceptors (Lipinski definition) is 3. The SMILES string of the molecule is CN(Cc1ccn(C)n1)C(=O)c1cnn(C)c1. The summed E-state index contributed by atoms with van der Waals surface area (Å²) in [6.07, 6.45) is 5.13.